The number of aromatic nitrogens is 1. The number of hydrogen-bond acceptors (Lipinski definition) is 7. The second kappa shape index (κ2) is 9.09. The third-order valence-electron chi connectivity index (χ3n) is 4.05. The van der Waals surface area contributed by atoms with Crippen molar-refractivity contribution in [3.8, 4) is 11.5 Å². The summed E-state index contributed by atoms with van der Waals surface area (Å²) in [4.78, 5) is 26.9. The van der Waals surface area contributed by atoms with Gasteiger partial charge < -0.3 is 30.3 Å². The molecule has 1 heterocycles. The molecule has 1 aromatic carbocycles. The van der Waals surface area contributed by atoms with Crippen LogP contribution >= 0.6 is 0 Å². The highest BCUT2D eigenvalue weighted by molar-refractivity contribution is 5.94. The standard InChI is InChI=1S/C19H22FN3O6/c1-9(2)15(19(26)27)22-17-14(20)8-13(18(24)25)16(23-17)21-10-5-11(28-3)7-12(6-10)29-4/h5-9,15H,1-4H3,(H,24,25)(H,26,27)(H2,21,22,23). The number of nitrogens with one attached hydrogen (secondary N) is 2. The van der Waals surface area contributed by atoms with E-state index in [-0.39, 0.29) is 17.6 Å². The number of ether oxygens (including phenoxy) is 2. The molecule has 29 heavy (non-hydrogen) atoms. The van der Waals surface area contributed by atoms with E-state index in [0.29, 0.717) is 17.2 Å². The van der Waals surface area contributed by atoms with Gasteiger partial charge in [-0.3, -0.25) is 0 Å². The predicted molar refractivity (Wildman–Crippen MR) is 104 cm³/mol. The summed E-state index contributed by atoms with van der Waals surface area (Å²) in [6.45, 7) is 3.30. The molecule has 0 fully saturated rings. The summed E-state index contributed by atoms with van der Waals surface area (Å²) < 4.78 is 24.7. The van der Waals surface area contributed by atoms with E-state index in [1.54, 1.807) is 32.0 Å². The Morgan fingerprint density at radius 3 is 2.07 bits per heavy atom. The molecular formula is C19H22FN3O6. The van der Waals surface area contributed by atoms with E-state index in [1.807, 2.05) is 0 Å². The van der Waals surface area contributed by atoms with E-state index in [4.69, 9.17) is 9.47 Å². The highest BCUT2D eigenvalue weighted by Crippen LogP contribution is 2.30. The van der Waals surface area contributed by atoms with Crippen molar-refractivity contribution in [1.29, 1.82) is 0 Å². The van der Waals surface area contributed by atoms with Crippen LogP contribution in [0.4, 0.5) is 21.7 Å². The van der Waals surface area contributed by atoms with Gasteiger partial charge in [-0.05, 0) is 12.0 Å². The molecule has 0 spiro atoms. The van der Waals surface area contributed by atoms with E-state index in [0.717, 1.165) is 6.07 Å². The lowest BCUT2D eigenvalue weighted by Gasteiger charge is -2.20. The van der Waals surface area contributed by atoms with Gasteiger partial charge in [-0.2, -0.15) is 0 Å². The summed E-state index contributed by atoms with van der Waals surface area (Å²) in [6.07, 6.45) is 0. The maximum Gasteiger partial charge on any atom is 0.339 e. The van der Waals surface area contributed by atoms with Gasteiger partial charge in [0.1, 0.15) is 28.9 Å². The topological polar surface area (TPSA) is 130 Å². The first-order valence-corrected chi connectivity index (χ1v) is 8.59. The van der Waals surface area contributed by atoms with E-state index < -0.39 is 29.4 Å². The molecule has 10 heteroatoms. The quantitative estimate of drug-likeness (QED) is 0.495. The summed E-state index contributed by atoms with van der Waals surface area (Å²) in [7, 11) is 2.91. The molecule has 0 aliphatic rings. The van der Waals surface area contributed by atoms with Gasteiger partial charge in [-0.25, -0.2) is 19.0 Å². The number of methoxy groups -OCH3 is 2. The fourth-order valence-electron chi connectivity index (χ4n) is 2.53. The van der Waals surface area contributed by atoms with E-state index in [2.05, 4.69) is 15.6 Å². The molecule has 1 atom stereocenters. The number of aliphatic carboxylic acids is 1. The number of carboxylic acids is 2. The number of benzene rings is 1. The van der Waals surface area contributed by atoms with Crippen LogP contribution in [0, 0.1) is 11.7 Å². The van der Waals surface area contributed by atoms with Gasteiger partial charge in [0.05, 0.1) is 14.2 Å². The second-order valence-electron chi connectivity index (χ2n) is 6.45. The maximum absolute atomic E-state index is 14.4. The molecule has 0 aliphatic carbocycles. The Morgan fingerprint density at radius 2 is 1.62 bits per heavy atom. The van der Waals surface area contributed by atoms with Crippen LogP contribution in [0.1, 0.15) is 24.2 Å². The molecule has 1 unspecified atom stereocenters. The summed E-state index contributed by atoms with van der Waals surface area (Å²) in [5.74, 6) is -3.62. The molecule has 0 amide bonds. The van der Waals surface area contributed by atoms with Crippen LogP contribution in [0.3, 0.4) is 0 Å². The third kappa shape index (κ3) is 5.24. The SMILES string of the molecule is COc1cc(Nc2nc(NC(C(=O)O)C(C)C)c(F)cc2C(=O)O)cc(OC)c1. The Bertz CT molecular complexity index is 897. The maximum atomic E-state index is 14.4. The van der Waals surface area contributed by atoms with Gasteiger partial charge in [-0.15, -0.1) is 0 Å². The van der Waals surface area contributed by atoms with Crippen molar-refractivity contribution in [3.63, 3.8) is 0 Å². The number of aromatic carboxylic acids is 1. The third-order valence-corrected chi connectivity index (χ3v) is 4.05. The fourth-order valence-corrected chi connectivity index (χ4v) is 2.53. The first kappa shape index (κ1) is 21.7. The number of pyridine rings is 1. The highest BCUT2D eigenvalue weighted by Gasteiger charge is 2.25. The lowest BCUT2D eigenvalue weighted by molar-refractivity contribution is -0.138. The zero-order chi connectivity index (χ0) is 21.7. The van der Waals surface area contributed by atoms with Crippen LogP contribution in [-0.4, -0.2) is 47.4 Å². The Labute approximate surface area is 166 Å². The number of hydrogen-bond donors (Lipinski definition) is 4. The lowest BCUT2D eigenvalue weighted by atomic mass is 10.0. The van der Waals surface area contributed by atoms with Crippen molar-refractivity contribution in [2.45, 2.75) is 19.9 Å². The molecular weight excluding hydrogens is 385 g/mol. The van der Waals surface area contributed by atoms with Gasteiger partial charge in [0.2, 0.25) is 0 Å². The number of carboxylic acid groups (broad SMARTS) is 2. The minimum Gasteiger partial charge on any atom is -0.497 e. The van der Waals surface area contributed by atoms with E-state index in [9.17, 15) is 24.2 Å². The molecule has 0 saturated carbocycles. The molecule has 0 bridgehead atoms. The molecule has 4 N–H and O–H groups in total. The largest absolute Gasteiger partial charge is 0.497 e. The van der Waals surface area contributed by atoms with Crippen molar-refractivity contribution in [1.82, 2.24) is 4.98 Å². The summed E-state index contributed by atoms with van der Waals surface area (Å²) >= 11 is 0. The zero-order valence-corrected chi connectivity index (χ0v) is 16.3. The van der Waals surface area contributed by atoms with Crippen LogP contribution < -0.4 is 20.1 Å². The van der Waals surface area contributed by atoms with E-state index >= 15 is 0 Å². The van der Waals surface area contributed by atoms with Crippen LogP contribution in [0.5, 0.6) is 11.5 Å². The van der Waals surface area contributed by atoms with Crippen LogP contribution in [0.25, 0.3) is 0 Å². The van der Waals surface area contributed by atoms with E-state index in [1.165, 1.54) is 14.2 Å². The summed E-state index contributed by atoms with van der Waals surface area (Å²) in [6, 6.07) is 4.42. The summed E-state index contributed by atoms with van der Waals surface area (Å²) in [5.41, 5.74) is -0.0429. The van der Waals surface area contributed by atoms with Crippen molar-refractivity contribution in [3.05, 3.63) is 35.6 Å². The number of carbonyl (C=O) groups is 2. The average molecular weight is 407 g/mol. The zero-order valence-electron chi connectivity index (χ0n) is 16.3. The smallest absolute Gasteiger partial charge is 0.339 e. The highest BCUT2D eigenvalue weighted by atomic mass is 19.1. The van der Waals surface area contributed by atoms with Crippen molar-refractivity contribution >= 4 is 29.3 Å². The van der Waals surface area contributed by atoms with Gasteiger partial charge in [-0.1, -0.05) is 13.8 Å². The van der Waals surface area contributed by atoms with Crippen LogP contribution in [0.2, 0.25) is 0 Å². The first-order chi connectivity index (χ1) is 13.7. The monoisotopic (exact) mass is 407 g/mol. The normalized spacial score (nSPS) is 11.7. The van der Waals surface area contributed by atoms with Crippen LogP contribution in [0.15, 0.2) is 24.3 Å². The predicted octanol–water partition coefficient (Wildman–Crippen LogP) is 3.20. The number of anilines is 3. The number of rotatable bonds is 9. The Morgan fingerprint density at radius 1 is 1.03 bits per heavy atom. The van der Waals surface area contributed by atoms with Gasteiger partial charge >= 0.3 is 11.9 Å². The Balaban J connectivity index is 2.50. The van der Waals surface area contributed by atoms with Gasteiger partial charge in [0, 0.05) is 23.9 Å². The Kier molecular flexibility index (Phi) is 6.81. The number of halogens is 1. The van der Waals surface area contributed by atoms with Crippen LogP contribution in [-0.2, 0) is 4.79 Å². The first-order valence-electron chi connectivity index (χ1n) is 8.59. The van der Waals surface area contributed by atoms with Crippen molar-refractivity contribution < 1.29 is 33.7 Å². The minimum absolute atomic E-state index is 0.176. The Hall–Kier alpha value is -3.56. The fraction of sp³-hybridized carbons (Fsp3) is 0.316. The minimum atomic E-state index is -1.40. The van der Waals surface area contributed by atoms with Crippen molar-refractivity contribution in [2.75, 3.05) is 24.9 Å². The molecule has 0 radical (unpaired) electrons. The summed E-state index contributed by atoms with van der Waals surface area (Å²) in [5, 5.41) is 24.0. The van der Waals surface area contributed by atoms with Gasteiger partial charge in [0.25, 0.3) is 0 Å². The molecule has 0 saturated heterocycles. The molecule has 156 valence electrons. The average Bonchev–Trinajstić information content (AvgIpc) is 2.66. The molecule has 0 aliphatic heterocycles. The van der Waals surface area contributed by atoms with Crippen molar-refractivity contribution in [2.24, 2.45) is 5.92 Å². The molecule has 9 nitrogen and oxygen atoms in total. The molecule has 2 aromatic rings. The molecule has 1 aromatic heterocycles. The van der Waals surface area contributed by atoms with Gasteiger partial charge in [0.15, 0.2) is 11.6 Å². The second-order valence-corrected chi connectivity index (χ2v) is 6.45. The lowest BCUT2D eigenvalue weighted by Crippen LogP contribution is -2.35. The number of nitrogens with zero attached hydrogens (tertiary/aromatic N) is 1. The molecule has 2 rings (SSSR count).